The van der Waals surface area contributed by atoms with Crippen LogP contribution in [-0.4, -0.2) is 24.1 Å². The highest BCUT2D eigenvalue weighted by molar-refractivity contribution is 5.86. The molecular weight excluding hydrogens is 306 g/mol. The van der Waals surface area contributed by atoms with Crippen LogP contribution in [0.1, 0.15) is 36.4 Å². The fourth-order valence-corrected chi connectivity index (χ4v) is 2.62. The van der Waals surface area contributed by atoms with Crippen LogP contribution in [0.5, 0.6) is 5.75 Å². The Labute approximate surface area is 141 Å². The number of methoxy groups -OCH3 is 1. The Morgan fingerprint density at radius 1 is 1.08 bits per heavy atom. The summed E-state index contributed by atoms with van der Waals surface area (Å²) < 4.78 is 5.29. The topological polar surface area (TPSA) is 75.6 Å². The summed E-state index contributed by atoms with van der Waals surface area (Å²) in [5.41, 5.74) is 1.46. The van der Waals surface area contributed by atoms with Crippen LogP contribution < -0.4 is 10.1 Å². The molecule has 2 aromatic carbocycles. The zero-order valence-corrected chi connectivity index (χ0v) is 13.7. The zero-order valence-electron chi connectivity index (χ0n) is 13.7. The summed E-state index contributed by atoms with van der Waals surface area (Å²) in [7, 11) is 1.57. The summed E-state index contributed by atoms with van der Waals surface area (Å²) in [6.07, 6.45) is -0.112. The van der Waals surface area contributed by atoms with Gasteiger partial charge in [0.15, 0.2) is 0 Å². The quantitative estimate of drug-likeness (QED) is 0.819. The monoisotopic (exact) mass is 327 g/mol. The first-order valence-corrected chi connectivity index (χ1v) is 7.73. The van der Waals surface area contributed by atoms with Gasteiger partial charge >= 0.3 is 5.97 Å². The minimum atomic E-state index is -1.01. The lowest BCUT2D eigenvalue weighted by Crippen LogP contribution is -2.30. The van der Waals surface area contributed by atoms with Gasteiger partial charge in [-0.1, -0.05) is 48.5 Å². The Bertz CT molecular complexity index is 700. The first-order chi connectivity index (χ1) is 11.5. The zero-order chi connectivity index (χ0) is 17.5. The molecule has 126 valence electrons. The van der Waals surface area contributed by atoms with Gasteiger partial charge in [0, 0.05) is 12.0 Å². The van der Waals surface area contributed by atoms with Gasteiger partial charge in [-0.15, -0.1) is 0 Å². The molecule has 0 spiro atoms. The highest BCUT2D eigenvalue weighted by Gasteiger charge is 2.24. The molecule has 2 aromatic rings. The Morgan fingerprint density at radius 3 is 2.33 bits per heavy atom. The number of amides is 1. The van der Waals surface area contributed by atoms with Gasteiger partial charge in [0.25, 0.3) is 0 Å². The molecule has 0 aromatic heterocycles. The van der Waals surface area contributed by atoms with Crippen molar-refractivity contribution in [1.29, 1.82) is 0 Å². The van der Waals surface area contributed by atoms with Crippen molar-refractivity contribution in [3.63, 3.8) is 0 Å². The van der Waals surface area contributed by atoms with Crippen LogP contribution in [0, 0.1) is 0 Å². The Morgan fingerprint density at radius 2 is 1.71 bits per heavy atom. The highest BCUT2D eigenvalue weighted by Crippen LogP contribution is 2.25. The molecular formula is C19H21NO4. The molecule has 24 heavy (non-hydrogen) atoms. The van der Waals surface area contributed by atoms with Gasteiger partial charge < -0.3 is 15.2 Å². The minimum Gasteiger partial charge on any atom is -0.496 e. The number of carbonyl (C=O) groups excluding carboxylic acids is 1. The fraction of sp³-hybridized carbons (Fsp3) is 0.263. The molecule has 0 saturated carbocycles. The van der Waals surface area contributed by atoms with E-state index in [9.17, 15) is 14.7 Å². The number of ether oxygens (including phenoxy) is 1. The van der Waals surface area contributed by atoms with Gasteiger partial charge in [-0.2, -0.15) is 0 Å². The molecule has 0 bridgehead atoms. The molecule has 0 radical (unpaired) electrons. The number of para-hydroxylation sites is 1. The summed E-state index contributed by atoms with van der Waals surface area (Å²) in [6, 6.07) is 15.9. The number of benzene rings is 2. The van der Waals surface area contributed by atoms with E-state index in [0.29, 0.717) is 11.3 Å². The SMILES string of the molecule is COc1ccccc1C(C)NC(=O)CC(C(=O)O)c1ccccc1. The van der Waals surface area contributed by atoms with Gasteiger partial charge in [-0.3, -0.25) is 9.59 Å². The molecule has 0 fully saturated rings. The Balaban J connectivity index is 2.07. The second-order valence-corrected chi connectivity index (χ2v) is 5.54. The first kappa shape index (κ1) is 17.5. The summed E-state index contributed by atoms with van der Waals surface area (Å²) in [6.45, 7) is 1.84. The van der Waals surface area contributed by atoms with Crippen LogP contribution >= 0.6 is 0 Å². The largest absolute Gasteiger partial charge is 0.496 e. The molecule has 5 nitrogen and oxygen atoms in total. The Kier molecular flexibility index (Phi) is 5.95. The number of carbonyl (C=O) groups is 2. The van der Waals surface area contributed by atoms with Crippen molar-refractivity contribution in [3.05, 3.63) is 65.7 Å². The lowest BCUT2D eigenvalue weighted by atomic mass is 9.95. The number of carboxylic acid groups (broad SMARTS) is 1. The molecule has 2 unspecified atom stereocenters. The van der Waals surface area contributed by atoms with E-state index < -0.39 is 11.9 Å². The van der Waals surface area contributed by atoms with Crippen molar-refractivity contribution >= 4 is 11.9 Å². The third-order valence-corrected chi connectivity index (χ3v) is 3.87. The van der Waals surface area contributed by atoms with E-state index in [1.807, 2.05) is 37.3 Å². The second-order valence-electron chi connectivity index (χ2n) is 5.54. The van der Waals surface area contributed by atoms with E-state index in [1.54, 1.807) is 31.4 Å². The van der Waals surface area contributed by atoms with Gasteiger partial charge in [0.2, 0.25) is 5.91 Å². The van der Waals surface area contributed by atoms with Crippen molar-refractivity contribution in [2.75, 3.05) is 7.11 Å². The number of carboxylic acids is 1. The molecule has 0 saturated heterocycles. The van der Waals surface area contributed by atoms with Gasteiger partial charge in [-0.05, 0) is 18.6 Å². The maximum absolute atomic E-state index is 12.3. The van der Waals surface area contributed by atoms with E-state index in [0.717, 1.165) is 5.56 Å². The van der Waals surface area contributed by atoms with Crippen LogP contribution in [0.3, 0.4) is 0 Å². The van der Waals surface area contributed by atoms with Crippen LogP contribution in [0.2, 0.25) is 0 Å². The predicted molar refractivity (Wildman–Crippen MR) is 91.0 cm³/mol. The fourth-order valence-electron chi connectivity index (χ4n) is 2.62. The summed E-state index contributed by atoms with van der Waals surface area (Å²) in [5.74, 6) is -1.51. The number of nitrogens with one attached hydrogen (secondary N) is 1. The number of hydrogen-bond acceptors (Lipinski definition) is 3. The van der Waals surface area contributed by atoms with Crippen molar-refractivity contribution in [3.8, 4) is 5.75 Å². The van der Waals surface area contributed by atoms with Crippen LogP contribution in [0.25, 0.3) is 0 Å². The maximum atomic E-state index is 12.3. The molecule has 0 aliphatic carbocycles. The van der Waals surface area contributed by atoms with Crippen molar-refractivity contribution in [2.24, 2.45) is 0 Å². The third-order valence-electron chi connectivity index (χ3n) is 3.87. The summed E-state index contributed by atoms with van der Waals surface area (Å²) >= 11 is 0. The molecule has 2 rings (SSSR count). The minimum absolute atomic E-state index is 0.112. The molecule has 0 aliphatic heterocycles. The molecule has 2 atom stereocenters. The van der Waals surface area contributed by atoms with Crippen molar-refractivity contribution in [2.45, 2.75) is 25.3 Å². The molecule has 0 aliphatic rings. The van der Waals surface area contributed by atoms with E-state index >= 15 is 0 Å². The normalized spacial score (nSPS) is 12.9. The second kappa shape index (κ2) is 8.15. The summed E-state index contributed by atoms with van der Waals surface area (Å²) in [4.78, 5) is 23.8. The lowest BCUT2D eigenvalue weighted by molar-refractivity contribution is -0.140. The number of aliphatic carboxylic acids is 1. The van der Waals surface area contributed by atoms with Gasteiger partial charge in [0.1, 0.15) is 5.75 Å². The van der Waals surface area contributed by atoms with E-state index in [1.165, 1.54) is 0 Å². The maximum Gasteiger partial charge on any atom is 0.311 e. The standard InChI is InChI=1S/C19H21NO4/c1-13(15-10-6-7-11-17(15)24-2)20-18(21)12-16(19(22)23)14-8-4-3-5-9-14/h3-11,13,16H,12H2,1-2H3,(H,20,21)(H,22,23). The van der Waals surface area contributed by atoms with E-state index in [2.05, 4.69) is 5.32 Å². The van der Waals surface area contributed by atoms with Crippen LogP contribution in [0.4, 0.5) is 0 Å². The first-order valence-electron chi connectivity index (χ1n) is 7.73. The number of rotatable bonds is 7. The molecule has 2 N–H and O–H groups in total. The van der Waals surface area contributed by atoms with Crippen molar-refractivity contribution < 1.29 is 19.4 Å². The smallest absolute Gasteiger partial charge is 0.311 e. The lowest BCUT2D eigenvalue weighted by Gasteiger charge is -2.19. The average Bonchev–Trinajstić information content (AvgIpc) is 2.60. The highest BCUT2D eigenvalue weighted by atomic mass is 16.5. The Hall–Kier alpha value is -2.82. The van der Waals surface area contributed by atoms with Crippen molar-refractivity contribution in [1.82, 2.24) is 5.32 Å². The molecule has 1 amide bonds. The number of hydrogen-bond donors (Lipinski definition) is 2. The van der Waals surface area contributed by atoms with Gasteiger partial charge in [0.05, 0.1) is 19.1 Å². The third kappa shape index (κ3) is 4.35. The average molecular weight is 327 g/mol. The van der Waals surface area contributed by atoms with E-state index in [-0.39, 0.29) is 18.4 Å². The van der Waals surface area contributed by atoms with Gasteiger partial charge in [-0.25, -0.2) is 0 Å². The molecule has 5 heteroatoms. The van der Waals surface area contributed by atoms with E-state index in [4.69, 9.17) is 4.74 Å². The van der Waals surface area contributed by atoms with Crippen LogP contribution in [-0.2, 0) is 9.59 Å². The van der Waals surface area contributed by atoms with Crippen LogP contribution in [0.15, 0.2) is 54.6 Å². The molecule has 0 heterocycles. The predicted octanol–water partition coefficient (Wildman–Crippen LogP) is 3.13. The summed E-state index contributed by atoms with van der Waals surface area (Å²) in [5, 5.41) is 12.3.